The Balaban J connectivity index is 2.36. The Morgan fingerprint density at radius 2 is 2.25 bits per heavy atom. The van der Waals surface area contributed by atoms with Crippen LogP contribution in [0, 0.1) is 0 Å². The summed E-state index contributed by atoms with van der Waals surface area (Å²) in [5.74, 6) is 0.489. The number of benzene rings is 1. The number of pyridine rings is 1. The van der Waals surface area contributed by atoms with E-state index in [4.69, 9.17) is 4.74 Å². The lowest BCUT2D eigenvalue weighted by molar-refractivity contribution is -0.138. The summed E-state index contributed by atoms with van der Waals surface area (Å²) in [7, 11) is 1.61. The van der Waals surface area contributed by atoms with E-state index in [1.54, 1.807) is 13.3 Å². The van der Waals surface area contributed by atoms with E-state index in [1.165, 1.54) is 0 Å². The zero-order valence-corrected chi connectivity index (χ0v) is 11.6. The van der Waals surface area contributed by atoms with Gasteiger partial charge in [-0.1, -0.05) is 13.3 Å². The average Bonchev–Trinajstić information content (AvgIpc) is 2.46. The van der Waals surface area contributed by atoms with Crippen LogP contribution in [0.3, 0.4) is 0 Å². The van der Waals surface area contributed by atoms with E-state index in [-0.39, 0.29) is 0 Å². The third kappa shape index (κ3) is 2.99. The summed E-state index contributed by atoms with van der Waals surface area (Å²) in [6.45, 7) is 1.96. The van der Waals surface area contributed by atoms with E-state index in [0.29, 0.717) is 12.2 Å². The molecule has 5 nitrogen and oxygen atoms in total. The Bertz CT molecular complexity index is 613. The third-order valence-electron chi connectivity index (χ3n) is 3.16. The highest BCUT2D eigenvalue weighted by Crippen LogP contribution is 2.26. The van der Waals surface area contributed by atoms with Crippen LogP contribution >= 0.6 is 0 Å². The summed E-state index contributed by atoms with van der Waals surface area (Å²) in [6, 6.07) is 6.87. The molecule has 1 aromatic carbocycles. The molecule has 0 amide bonds. The van der Waals surface area contributed by atoms with Gasteiger partial charge in [-0.3, -0.25) is 0 Å². The summed E-state index contributed by atoms with van der Waals surface area (Å²) in [6.07, 6.45) is 3.01. The van der Waals surface area contributed by atoms with Gasteiger partial charge in [-0.25, -0.2) is 9.78 Å². The number of rotatable bonds is 6. The van der Waals surface area contributed by atoms with Crippen molar-refractivity contribution >= 4 is 22.6 Å². The minimum absolute atomic E-state index is 0.559. The summed E-state index contributed by atoms with van der Waals surface area (Å²) in [4.78, 5) is 15.5. The second-order valence-electron chi connectivity index (χ2n) is 4.57. The number of aliphatic carboxylic acids is 1. The lowest BCUT2D eigenvalue weighted by Crippen LogP contribution is -2.29. The Hall–Kier alpha value is -2.30. The number of ether oxygens (including phenoxy) is 1. The van der Waals surface area contributed by atoms with Crippen LogP contribution in [0.5, 0.6) is 5.75 Å². The molecule has 1 atom stereocenters. The molecule has 0 aliphatic carbocycles. The molecule has 0 radical (unpaired) electrons. The lowest BCUT2D eigenvalue weighted by Gasteiger charge is -2.15. The molecule has 0 saturated carbocycles. The first-order valence-corrected chi connectivity index (χ1v) is 6.57. The van der Waals surface area contributed by atoms with E-state index >= 15 is 0 Å². The fourth-order valence-electron chi connectivity index (χ4n) is 2.11. The van der Waals surface area contributed by atoms with E-state index in [1.807, 2.05) is 31.2 Å². The molecule has 0 bridgehead atoms. The standard InChI is InChI=1S/C15H18N2O3/c1-3-4-13(15(18)19)17-14-12-6-5-11(20-2)9-10(12)7-8-16-14/h5-9,13H,3-4H2,1-2H3,(H,16,17)(H,18,19). The summed E-state index contributed by atoms with van der Waals surface area (Å²) in [5, 5.41) is 14.1. The molecule has 0 fully saturated rings. The molecule has 1 aromatic heterocycles. The minimum Gasteiger partial charge on any atom is -0.497 e. The summed E-state index contributed by atoms with van der Waals surface area (Å²) in [5.41, 5.74) is 0. The molecule has 20 heavy (non-hydrogen) atoms. The molecule has 2 N–H and O–H groups in total. The third-order valence-corrected chi connectivity index (χ3v) is 3.16. The molecule has 2 rings (SSSR count). The molecule has 0 aliphatic rings. The number of methoxy groups -OCH3 is 1. The molecule has 5 heteroatoms. The monoisotopic (exact) mass is 274 g/mol. The van der Waals surface area contributed by atoms with Gasteiger partial charge in [-0.15, -0.1) is 0 Å². The van der Waals surface area contributed by atoms with Gasteiger partial charge in [0.15, 0.2) is 0 Å². The summed E-state index contributed by atoms with van der Waals surface area (Å²) < 4.78 is 5.19. The summed E-state index contributed by atoms with van der Waals surface area (Å²) >= 11 is 0. The quantitative estimate of drug-likeness (QED) is 0.847. The van der Waals surface area contributed by atoms with Crippen molar-refractivity contribution in [3.05, 3.63) is 30.5 Å². The van der Waals surface area contributed by atoms with Crippen LogP contribution in [0.15, 0.2) is 30.5 Å². The molecule has 1 heterocycles. The van der Waals surface area contributed by atoms with Crippen molar-refractivity contribution in [2.45, 2.75) is 25.8 Å². The van der Waals surface area contributed by atoms with Crippen LogP contribution in [0.4, 0.5) is 5.82 Å². The number of carboxylic acid groups (broad SMARTS) is 1. The number of nitrogens with one attached hydrogen (secondary N) is 1. The van der Waals surface area contributed by atoms with Crippen LogP contribution in [0.25, 0.3) is 10.8 Å². The van der Waals surface area contributed by atoms with Crippen LogP contribution in [0.1, 0.15) is 19.8 Å². The minimum atomic E-state index is -0.862. The Labute approximate surface area is 117 Å². The van der Waals surface area contributed by atoms with Crippen molar-refractivity contribution in [2.24, 2.45) is 0 Å². The normalized spacial score (nSPS) is 12.1. The predicted octanol–water partition coefficient (Wildman–Crippen LogP) is 2.91. The molecule has 0 spiro atoms. The van der Waals surface area contributed by atoms with E-state index in [0.717, 1.165) is 22.9 Å². The fraction of sp³-hybridized carbons (Fsp3) is 0.333. The van der Waals surface area contributed by atoms with Crippen LogP contribution < -0.4 is 10.1 Å². The predicted molar refractivity (Wildman–Crippen MR) is 78.2 cm³/mol. The number of aromatic nitrogens is 1. The van der Waals surface area contributed by atoms with Gasteiger partial charge in [0.25, 0.3) is 0 Å². The van der Waals surface area contributed by atoms with Crippen LogP contribution in [-0.2, 0) is 4.79 Å². The first-order chi connectivity index (χ1) is 9.65. The van der Waals surface area contributed by atoms with E-state index in [9.17, 15) is 9.90 Å². The molecule has 0 saturated heterocycles. The molecule has 0 aliphatic heterocycles. The average molecular weight is 274 g/mol. The highest BCUT2D eigenvalue weighted by Gasteiger charge is 2.17. The first kappa shape index (κ1) is 14.1. The van der Waals surface area contributed by atoms with Gasteiger partial charge in [0.2, 0.25) is 0 Å². The van der Waals surface area contributed by atoms with Crippen molar-refractivity contribution in [1.29, 1.82) is 0 Å². The number of hydrogen-bond donors (Lipinski definition) is 2. The zero-order chi connectivity index (χ0) is 14.5. The maximum atomic E-state index is 11.2. The van der Waals surface area contributed by atoms with E-state index in [2.05, 4.69) is 10.3 Å². The van der Waals surface area contributed by atoms with Crippen molar-refractivity contribution in [2.75, 3.05) is 12.4 Å². The number of fused-ring (bicyclic) bond motifs is 1. The van der Waals surface area contributed by atoms with Crippen molar-refractivity contribution < 1.29 is 14.6 Å². The number of hydrogen-bond acceptors (Lipinski definition) is 4. The topological polar surface area (TPSA) is 71.5 Å². The van der Waals surface area contributed by atoms with Gasteiger partial charge >= 0.3 is 5.97 Å². The molecule has 106 valence electrons. The Morgan fingerprint density at radius 1 is 1.45 bits per heavy atom. The first-order valence-electron chi connectivity index (χ1n) is 6.57. The van der Waals surface area contributed by atoms with Crippen LogP contribution in [0.2, 0.25) is 0 Å². The van der Waals surface area contributed by atoms with Crippen LogP contribution in [-0.4, -0.2) is 29.2 Å². The molecule has 1 unspecified atom stereocenters. The van der Waals surface area contributed by atoms with Crippen molar-refractivity contribution in [3.63, 3.8) is 0 Å². The van der Waals surface area contributed by atoms with Gasteiger partial charge in [0, 0.05) is 11.6 Å². The SMILES string of the molecule is CCCC(Nc1nccc2cc(OC)ccc12)C(=O)O. The molecular formula is C15H18N2O3. The second-order valence-corrected chi connectivity index (χ2v) is 4.57. The van der Waals surface area contributed by atoms with Crippen molar-refractivity contribution in [1.82, 2.24) is 4.98 Å². The van der Waals surface area contributed by atoms with Gasteiger partial charge in [-0.05, 0) is 36.1 Å². The van der Waals surface area contributed by atoms with E-state index < -0.39 is 12.0 Å². The maximum absolute atomic E-state index is 11.2. The highest BCUT2D eigenvalue weighted by molar-refractivity contribution is 5.93. The molecular weight excluding hydrogens is 256 g/mol. The number of carbonyl (C=O) groups is 1. The van der Waals surface area contributed by atoms with Gasteiger partial charge < -0.3 is 15.2 Å². The number of carboxylic acids is 1. The maximum Gasteiger partial charge on any atom is 0.326 e. The van der Waals surface area contributed by atoms with Gasteiger partial charge in [-0.2, -0.15) is 0 Å². The Morgan fingerprint density at radius 3 is 2.90 bits per heavy atom. The fourth-order valence-corrected chi connectivity index (χ4v) is 2.11. The smallest absolute Gasteiger partial charge is 0.326 e. The van der Waals surface area contributed by atoms with Crippen molar-refractivity contribution in [3.8, 4) is 5.75 Å². The van der Waals surface area contributed by atoms with Gasteiger partial charge in [0.05, 0.1) is 7.11 Å². The number of anilines is 1. The van der Waals surface area contributed by atoms with Gasteiger partial charge in [0.1, 0.15) is 17.6 Å². The second kappa shape index (κ2) is 6.23. The largest absolute Gasteiger partial charge is 0.497 e. The lowest BCUT2D eigenvalue weighted by atomic mass is 10.1. The highest BCUT2D eigenvalue weighted by atomic mass is 16.5. The molecule has 2 aromatic rings. The Kier molecular flexibility index (Phi) is 4.40. The number of nitrogens with zero attached hydrogens (tertiary/aromatic N) is 1. The zero-order valence-electron chi connectivity index (χ0n) is 11.6.